The van der Waals surface area contributed by atoms with Gasteiger partial charge in [0.05, 0.1) is 5.69 Å². The molecular weight excluding hydrogens is 282 g/mol. The maximum absolute atomic E-state index is 12.7. The van der Waals surface area contributed by atoms with Crippen molar-refractivity contribution < 1.29 is 4.79 Å². The third-order valence-corrected chi connectivity index (χ3v) is 5.60. The van der Waals surface area contributed by atoms with Crippen LogP contribution in [0.3, 0.4) is 0 Å². The van der Waals surface area contributed by atoms with Crippen molar-refractivity contribution in [2.45, 2.75) is 40.0 Å². The molecule has 0 atom stereocenters. The van der Waals surface area contributed by atoms with Crippen LogP contribution in [0.15, 0.2) is 0 Å². The zero-order valence-electron chi connectivity index (χ0n) is 12.8. The minimum Gasteiger partial charge on any atom is -0.397 e. The minimum absolute atomic E-state index is 0.0740. The number of rotatable bonds is 1. The van der Waals surface area contributed by atoms with Crippen LogP contribution in [-0.4, -0.2) is 28.9 Å². The van der Waals surface area contributed by atoms with E-state index in [9.17, 15) is 4.79 Å². The summed E-state index contributed by atoms with van der Waals surface area (Å²) >= 11 is 1.44. The van der Waals surface area contributed by atoms with Crippen LogP contribution in [0.25, 0.3) is 10.2 Å². The first-order valence-electron chi connectivity index (χ1n) is 7.45. The largest absolute Gasteiger partial charge is 0.397 e. The predicted octanol–water partition coefficient (Wildman–Crippen LogP) is 3.43. The number of pyridine rings is 1. The summed E-state index contributed by atoms with van der Waals surface area (Å²) in [5.74, 6) is 0.0740. The van der Waals surface area contributed by atoms with Gasteiger partial charge in [-0.25, -0.2) is 4.98 Å². The molecule has 0 radical (unpaired) electrons. The second kappa shape index (κ2) is 5.30. The minimum atomic E-state index is 0.0740. The van der Waals surface area contributed by atoms with Crippen molar-refractivity contribution in [2.24, 2.45) is 0 Å². The predicted molar refractivity (Wildman–Crippen MR) is 88.0 cm³/mol. The van der Waals surface area contributed by atoms with Gasteiger partial charge in [0.15, 0.2) is 0 Å². The van der Waals surface area contributed by atoms with Gasteiger partial charge in [0.1, 0.15) is 9.71 Å². The molecule has 2 aromatic rings. The van der Waals surface area contributed by atoms with E-state index in [-0.39, 0.29) is 5.91 Å². The molecule has 1 aliphatic heterocycles. The molecule has 5 heteroatoms. The number of aromatic nitrogens is 1. The highest BCUT2D eigenvalue weighted by atomic mass is 32.1. The Morgan fingerprint density at radius 3 is 2.48 bits per heavy atom. The number of carbonyl (C=O) groups is 1. The Morgan fingerprint density at radius 1 is 1.14 bits per heavy atom. The van der Waals surface area contributed by atoms with Crippen LogP contribution >= 0.6 is 11.3 Å². The number of thiophene rings is 1. The highest BCUT2D eigenvalue weighted by molar-refractivity contribution is 7.21. The molecule has 1 fully saturated rings. The molecule has 2 aromatic heterocycles. The molecule has 112 valence electrons. The maximum atomic E-state index is 12.7. The molecule has 21 heavy (non-hydrogen) atoms. The van der Waals surface area contributed by atoms with Crippen molar-refractivity contribution in [2.75, 3.05) is 18.8 Å². The number of hydrogen-bond donors (Lipinski definition) is 1. The quantitative estimate of drug-likeness (QED) is 0.878. The van der Waals surface area contributed by atoms with Crippen molar-refractivity contribution in [3.63, 3.8) is 0 Å². The SMILES string of the molecule is Cc1nc2sc(C(=O)N3CCCCC3)c(N)c2c(C)c1C. The lowest BCUT2D eigenvalue weighted by atomic mass is 10.0. The third-order valence-electron chi connectivity index (χ3n) is 4.51. The van der Waals surface area contributed by atoms with Crippen LogP contribution in [0.4, 0.5) is 5.69 Å². The van der Waals surface area contributed by atoms with E-state index in [1.807, 2.05) is 11.8 Å². The zero-order chi connectivity index (χ0) is 15.1. The van der Waals surface area contributed by atoms with E-state index >= 15 is 0 Å². The second-order valence-electron chi connectivity index (χ2n) is 5.83. The monoisotopic (exact) mass is 303 g/mol. The molecule has 0 spiro atoms. The highest BCUT2D eigenvalue weighted by Gasteiger charge is 2.25. The topological polar surface area (TPSA) is 59.2 Å². The first-order chi connectivity index (χ1) is 10.0. The van der Waals surface area contributed by atoms with Gasteiger partial charge in [-0.05, 0) is 51.2 Å². The summed E-state index contributed by atoms with van der Waals surface area (Å²) in [6, 6.07) is 0. The maximum Gasteiger partial charge on any atom is 0.266 e. The second-order valence-corrected chi connectivity index (χ2v) is 6.82. The Labute approximate surface area is 129 Å². The number of nitrogens with two attached hydrogens (primary N) is 1. The fraction of sp³-hybridized carbons (Fsp3) is 0.500. The van der Waals surface area contributed by atoms with Gasteiger partial charge >= 0.3 is 0 Å². The number of nitrogen functional groups attached to an aromatic ring is 1. The molecule has 0 bridgehead atoms. The van der Waals surface area contributed by atoms with Crippen LogP contribution < -0.4 is 5.73 Å². The number of amides is 1. The molecule has 0 aliphatic carbocycles. The van der Waals surface area contributed by atoms with Crippen molar-refractivity contribution in [3.8, 4) is 0 Å². The van der Waals surface area contributed by atoms with E-state index in [0.717, 1.165) is 53.0 Å². The van der Waals surface area contributed by atoms with Crippen LogP contribution in [-0.2, 0) is 0 Å². The Hall–Kier alpha value is -1.62. The van der Waals surface area contributed by atoms with E-state index in [1.165, 1.54) is 17.8 Å². The molecule has 0 unspecified atom stereocenters. The summed E-state index contributed by atoms with van der Waals surface area (Å²) in [7, 11) is 0. The molecular formula is C16H21N3OS. The fourth-order valence-electron chi connectivity index (χ4n) is 2.97. The smallest absolute Gasteiger partial charge is 0.266 e. The lowest BCUT2D eigenvalue weighted by Crippen LogP contribution is -2.35. The summed E-state index contributed by atoms with van der Waals surface area (Å²) in [6.45, 7) is 7.81. The molecule has 1 amide bonds. The summed E-state index contributed by atoms with van der Waals surface area (Å²) in [5.41, 5.74) is 10.2. The van der Waals surface area contributed by atoms with E-state index in [0.29, 0.717) is 10.6 Å². The van der Waals surface area contributed by atoms with Crippen LogP contribution in [0.1, 0.15) is 45.8 Å². The summed E-state index contributed by atoms with van der Waals surface area (Å²) in [4.78, 5) is 20.8. The standard InChI is InChI=1S/C16H21N3OS/c1-9-10(2)12-13(17)14(21-15(12)18-11(9)3)16(20)19-7-5-4-6-8-19/h4-8,17H2,1-3H3. The third kappa shape index (κ3) is 2.29. The average molecular weight is 303 g/mol. The van der Waals surface area contributed by atoms with Gasteiger partial charge in [0.25, 0.3) is 5.91 Å². The van der Waals surface area contributed by atoms with Gasteiger partial charge in [-0.15, -0.1) is 11.3 Å². The number of carbonyl (C=O) groups excluding carboxylic acids is 1. The number of fused-ring (bicyclic) bond motifs is 1. The molecule has 4 nitrogen and oxygen atoms in total. The van der Waals surface area contributed by atoms with Gasteiger partial charge in [-0.1, -0.05) is 0 Å². The fourth-order valence-corrected chi connectivity index (χ4v) is 4.14. The zero-order valence-corrected chi connectivity index (χ0v) is 13.6. The number of nitrogens with zero attached hydrogens (tertiary/aromatic N) is 2. The Balaban J connectivity index is 2.09. The van der Waals surface area contributed by atoms with Gasteiger partial charge < -0.3 is 10.6 Å². The van der Waals surface area contributed by atoms with E-state index in [2.05, 4.69) is 18.8 Å². The first-order valence-corrected chi connectivity index (χ1v) is 8.27. The Morgan fingerprint density at radius 2 is 1.81 bits per heavy atom. The number of hydrogen-bond acceptors (Lipinski definition) is 4. The van der Waals surface area contributed by atoms with Crippen molar-refractivity contribution >= 4 is 33.1 Å². The number of likely N-dealkylation sites (tertiary alicyclic amines) is 1. The molecule has 0 aromatic carbocycles. The molecule has 0 saturated carbocycles. The lowest BCUT2D eigenvalue weighted by Gasteiger charge is -2.26. The van der Waals surface area contributed by atoms with Crippen molar-refractivity contribution in [1.29, 1.82) is 0 Å². The molecule has 2 N–H and O–H groups in total. The highest BCUT2D eigenvalue weighted by Crippen LogP contribution is 2.37. The Kier molecular flexibility index (Phi) is 3.61. The first kappa shape index (κ1) is 14.3. The summed E-state index contributed by atoms with van der Waals surface area (Å²) in [5, 5.41) is 0.962. The normalized spacial score (nSPS) is 15.7. The van der Waals surface area contributed by atoms with Crippen LogP contribution in [0.2, 0.25) is 0 Å². The van der Waals surface area contributed by atoms with Crippen LogP contribution in [0, 0.1) is 20.8 Å². The molecule has 3 rings (SSSR count). The van der Waals surface area contributed by atoms with E-state index in [4.69, 9.17) is 5.73 Å². The number of anilines is 1. The van der Waals surface area contributed by atoms with Crippen molar-refractivity contribution in [1.82, 2.24) is 9.88 Å². The molecule has 3 heterocycles. The lowest BCUT2D eigenvalue weighted by molar-refractivity contribution is 0.0730. The van der Waals surface area contributed by atoms with Crippen LogP contribution in [0.5, 0.6) is 0 Å². The Bertz CT molecular complexity index is 714. The van der Waals surface area contributed by atoms with Crippen molar-refractivity contribution in [3.05, 3.63) is 21.7 Å². The number of aryl methyl sites for hydroxylation is 2. The van der Waals surface area contributed by atoms with E-state index in [1.54, 1.807) is 0 Å². The average Bonchev–Trinajstić information content (AvgIpc) is 2.82. The molecule has 1 aliphatic rings. The summed E-state index contributed by atoms with van der Waals surface area (Å²) in [6.07, 6.45) is 3.39. The summed E-state index contributed by atoms with van der Waals surface area (Å²) < 4.78 is 0. The van der Waals surface area contributed by atoms with Gasteiger partial charge in [0.2, 0.25) is 0 Å². The van der Waals surface area contributed by atoms with Gasteiger partial charge in [-0.3, -0.25) is 4.79 Å². The van der Waals surface area contributed by atoms with E-state index < -0.39 is 0 Å². The van der Waals surface area contributed by atoms with Gasteiger partial charge in [-0.2, -0.15) is 0 Å². The number of piperidine rings is 1. The van der Waals surface area contributed by atoms with Gasteiger partial charge in [0, 0.05) is 24.2 Å². The molecule has 1 saturated heterocycles.